The molecule has 1 fully saturated rings. The van der Waals surface area contributed by atoms with E-state index in [0.717, 1.165) is 24.3 Å². The van der Waals surface area contributed by atoms with Gasteiger partial charge in [0, 0.05) is 46.2 Å². The molecule has 1 N–H and O–H groups in total. The topological polar surface area (TPSA) is 77.9 Å². The summed E-state index contributed by atoms with van der Waals surface area (Å²) in [7, 11) is 1.53. The molecular formula is C22H21ClF3N5O2. The largest absolute Gasteiger partial charge is 0.436 e. The predicted octanol–water partition coefficient (Wildman–Crippen LogP) is 3.18. The lowest BCUT2D eigenvalue weighted by molar-refractivity contribution is -0.116. The number of nitrogens with one attached hydrogen (secondary N) is 1. The second-order valence-electron chi connectivity index (χ2n) is 7.87. The Balaban J connectivity index is 1.39. The van der Waals surface area contributed by atoms with Crippen LogP contribution in [-0.2, 0) is 17.8 Å². The number of carbonyl (C=O) groups excluding carboxylic acids is 2. The van der Waals surface area contributed by atoms with Crippen molar-refractivity contribution in [2.45, 2.75) is 19.1 Å². The number of nitrogens with zero attached hydrogens (tertiary/aromatic N) is 4. The first-order valence-corrected chi connectivity index (χ1v) is 10.7. The van der Waals surface area contributed by atoms with Crippen molar-refractivity contribution in [3.05, 3.63) is 52.3 Å². The third-order valence-electron chi connectivity index (χ3n) is 5.67. The van der Waals surface area contributed by atoms with Crippen molar-refractivity contribution < 1.29 is 22.8 Å². The highest BCUT2D eigenvalue weighted by molar-refractivity contribution is 6.43. The minimum absolute atomic E-state index is 0.192. The third-order valence-corrected chi connectivity index (χ3v) is 5.95. The average Bonchev–Trinajstić information content (AvgIpc) is 2.78. The first-order chi connectivity index (χ1) is 15.7. The molecule has 0 unspecified atom stereocenters. The Labute approximate surface area is 193 Å². The normalized spacial score (nSPS) is 16.9. The van der Waals surface area contributed by atoms with Gasteiger partial charge in [0.25, 0.3) is 5.91 Å². The maximum absolute atomic E-state index is 12.9. The van der Waals surface area contributed by atoms with Crippen LogP contribution < -0.4 is 10.2 Å². The molecule has 2 aliphatic heterocycles. The minimum Gasteiger partial charge on any atom is -0.366 e. The SMILES string of the molecule is CNC(=O)c1ccc(N2CCN(Cc3ccc4c(c3)CC(=O)C(C(F)(F)F)=N4)CC2)c(Cl)n1. The van der Waals surface area contributed by atoms with Crippen molar-refractivity contribution in [2.24, 2.45) is 4.99 Å². The van der Waals surface area contributed by atoms with Gasteiger partial charge in [-0.25, -0.2) is 9.98 Å². The van der Waals surface area contributed by atoms with Crippen LogP contribution >= 0.6 is 11.6 Å². The summed E-state index contributed by atoms with van der Waals surface area (Å²) in [6, 6.07) is 8.46. The second-order valence-corrected chi connectivity index (χ2v) is 8.23. The van der Waals surface area contributed by atoms with Crippen molar-refractivity contribution in [2.75, 3.05) is 38.1 Å². The first kappa shape index (κ1) is 23.2. The molecule has 174 valence electrons. The van der Waals surface area contributed by atoms with Crippen LogP contribution in [0, 0.1) is 0 Å². The van der Waals surface area contributed by atoms with E-state index in [1.165, 1.54) is 7.05 Å². The fourth-order valence-corrected chi connectivity index (χ4v) is 4.24. The van der Waals surface area contributed by atoms with E-state index in [2.05, 4.69) is 25.1 Å². The van der Waals surface area contributed by atoms with E-state index in [-0.39, 0.29) is 28.9 Å². The highest BCUT2D eigenvalue weighted by Gasteiger charge is 2.42. The van der Waals surface area contributed by atoms with E-state index in [0.29, 0.717) is 25.2 Å². The second kappa shape index (κ2) is 9.11. The fraction of sp³-hybridized carbons (Fsp3) is 0.364. The highest BCUT2D eigenvalue weighted by atomic mass is 35.5. The third kappa shape index (κ3) is 5.01. The smallest absolute Gasteiger partial charge is 0.366 e. The van der Waals surface area contributed by atoms with Gasteiger partial charge in [0.15, 0.2) is 16.6 Å². The number of alkyl halides is 3. The zero-order valence-electron chi connectivity index (χ0n) is 17.7. The summed E-state index contributed by atoms with van der Waals surface area (Å²) >= 11 is 6.29. The Bertz CT molecular complexity index is 1130. The molecule has 1 aromatic heterocycles. The molecule has 11 heteroatoms. The summed E-state index contributed by atoms with van der Waals surface area (Å²) in [6.07, 6.45) is -5.04. The number of rotatable bonds is 4. The van der Waals surface area contributed by atoms with E-state index >= 15 is 0 Å². The van der Waals surface area contributed by atoms with Gasteiger partial charge in [0.2, 0.25) is 0 Å². The summed E-state index contributed by atoms with van der Waals surface area (Å²) in [5.74, 6) is -1.31. The molecule has 3 heterocycles. The number of anilines is 1. The van der Waals surface area contributed by atoms with Gasteiger partial charge in [-0.1, -0.05) is 23.7 Å². The van der Waals surface area contributed by atoms with E-state index in [9.17, 15) is 22.8 Å². The van der Waals surface area contributed by atoms with Crippen LogP contribution in [0.3, 0.4) is 0 Å². The molecule has 0 radical (unpaired) electrons. The predicted molar refractivity (Wildman–Crippen MR) is 118 cm³/mol. The summed E-state index contributed by atoms with van der Waals surface area (Å²) < 4.78 is 38.8. The minimum atomic E-state index is -4.74. The Kier molecular flexibility index (Phi) is 6.40. The lowest BCUT2D eigenvalue weighted by Gasteiger charge is -2.36. The Morgan fingerprint density at radius 1 is 1.15 bits per heavy atom. The van der Waals surface area contributed by atoms with Crippen LogP contribution in [0.4, 0.5) is 24.5 Å². The standard InChI is InChI=1S/C22H21ClF3N5O2/c1-27-21(33)16-4-5-17(20(23)29-16)31-8-6-30(7-9-31)12-13-2-3-15-14(10-13)11-18(32)19(28-15)22(24,25)26/h2-5,10H,6-9,11-12H2,1H3,(H,27,33). The summed E-state index contributed by atoms with van der Waals surface area (Å²) in [5, 5.41) is 2.78. The lowest BCUT2D eigenvalue weighted by atomic mass is 9.98. The highest BCUT2D eigenvalue weighted by Crippen LogP contribution is 2.31. The van der Waals surface area contributed by atoms with Crippen molar-refractivity contribution in [3.8, 4) is 0 Å². The van der Waals surface area contributed by atoms with Gasteiger partial charge in [-0.3, -0.25) is 14.5 Å². The number of aromatic nitrogens is 1. The van der Waals surface area contributed by atoms with E-state index in [1.54, 1.807) is 30.3 Å². The van der Waals surface area contributed by atoms with E-state index in [1.807, 2.05) is 0 Å². The number of Topliss-reactive ketones (excluding diaryl/α,β-unsaturated/α-hetero) is 1. The Morgan fingerprint density at radius 2 is 1.88 bits per heavy atom. The van der Waals surface area contributed by atoms with Gasteiger partial charge in [0.05, 0.1) is 11.4 Å². The lowest BCUT2D eigenvalue weighted by Crippen LogP contribution is -2.46. The number of hydrogen-bond acceptors (Lipinski definition) is 6. The van der Waals surface area contributed by atoms with Crippen LogP contribution in [0.1, 0.15) is 21.6 Å². The quantitative estimate of drug-likeness (QED) is 0.682. The maximum atomic E-state index is 12.9. The van der Waals surface area contributed by atoms with Crippen LogP contribution in [0.2, 0.25) is 5.15 Å². The molecule has 33 heavy (non-hydrogen) atoms. The molecule has 1 aromatic carbocycles. The van der Waals surface area contributed by atoms with Gasteiger partial charge < -0.3 is 10.2 Å². The number of hydrogen-bond donors (Lipinski definition) is 1. The van der Waals surface area contributed by atoms with Crippen LogP contribution in [-0.4, -0.2) is 66.7 Å². The van der Waals surface area contributed by atoms with Crippen LogP contribution in [0.5, 0.6) is 0 Å². The molecular weight excluding hydrogens is 459 g/mol. The average molecular weight is 480 g/mol. The molecule has 0 atom stereocenters. The van der Waals surface area contributed by atoms with Crippen LogP contribution in [0.25, 0.3) is 0 Å². The number of fused-ring (bicyclic) bond motifs is 1. The van der Waals surface area contributed by atoms with Gasteiger partial charge in [0.1, 0.15) is 5.69 Å². The molecule has 1 saturated heterocycles. The molecule has 4 rings (SSSR count). The Hall–Kier alpha value is -2.98. The van der Waals surface area contributed by atoms with Gasteiger partial charge in [-0.2, -0.15) is 13.2 Å². The first-order valence-electron chi connectivity index (χ1n) is 10.3. The summed E-state index contributed by atoms with van der Waals surface area (Å²) in [5.41, 5.74) is 1.29. The van der Waals surface area contributed by atoms with E-state index in [4.69, 9.17) is 11.6 Å². The number of ketones is 1. The number of benzene rings is 1. The van der Waals surface area contributed by atoms with Crippen molar-refractivity contribution >= 4 is 40.4 Å². The number of amides is 1. The number of piperazine rings is 1. The Morgan fingerprint density at radius 3 is 2.52 bits per heavy atom. The number of halogens is 4. The molecule has 7 nitrogen and oxygen atoms in total. The van der Waals surface area contributed by atoms with E-state index < -0.39 is 17.7 Å². The number of pyridine rings is 1. The molecule has 0 bridgehead atoms. The molecule has 0 saturated carbocycles. The number of carbonyl (C=O) groups is 2. The fourth-order valence-electron chi connectivity index (χ4n) is 3.97. The van der Waals surface area contributed by atoms with Gasteiger partial charge in [-0.15, -0.1) is 0 Å². The molecule has 2 aliphatic rings. The zero-order valence-corrected chi connectivity index (χ0v) is 18.5. The summed E-state index contributed by atoms with van der Waals surface area (Å²) in [6.45, 7) is 3.47. The maximum Gasteiger partial charge on any atom is 0.436 e. The van der Waals surface area contributed by atoms with Crippen molar-refractivity contribution in [1.29, 1.82) is 0 Å². The van der Waals surface area contributed by atoms with Gasteiger partial charge in [-0.05, 0) is 29.3 Å². The summed E-state index contributed by atoms with van der Waals surface area (Å²) in [4.78, 5) is 35.6. The van der Waals surface area contributed by atoms with Crippen molar-refractivity contribution in [3.63, 3.8) is 0 Å². The molecule has 2 aromatic rings. The molecule has 0 spiro atoms. The van der Waals surface area contributed by atoms with Crippen LogP contribution in [0.15, 0.2) is 35.3 Å². The van der Waals surface area contributed by atoms with Gasteiger partial charge >= 0.3 is 6.18 Å². The molecule has 1 amide bonds. The number of aliphatic imine (C=N–C) groups is 1. The monoisotopic (exact) mass is 479 g/mol. The zero-order chi connectivity index (χ0) is 23.8. The van der Waals surface area contributed by atoms with Crippen molar-refractivity contribution in [1.82, 2.24) is 15.2 Å². The molecule has 0 aliphatic carbocycles.